The number of rotatable bonds is 7. The van der Waals surface area contributed by atoms with Crippen LogP contribution in [0.2, 0.25) is 0 Å². The molecular formula is C23H24N6OS. The highest BCUT2D eigenvalue weighted by atomic mass is 32.2. The summed E-state index contributed by atoms with van der Waals surface area (Å²) in [5.41, 5.74) is 4.70. The van der Waals surface area contributed by atoms with E-state index in [0.29, 0.717) is 11.7 Å². The molecule has 0 spiro atoms. The van der Waals surface area contributed by atoms with Gasteiger partial charge in [0.05, 0.1) is 11.3 Å². The van der Waals surface area contributed by atoms with E-state index in [2.05, 4.69) is 20.6 Å². The third kappa shape index (κ3) is 4.69. The van der Waals surface area contributed by atoms with Crippen molar-refractivity contribution in [1.29, 1.82) is 0 Å². The van der Waals surface area contributed by atoms with Crippen LogP contribution in [0.5, 0.6) is 0 Å². The first-order valence-electron chi connectivity index (χ1n) is 10.1. The van der Waals surface area contributed by atoms with Gasteiger partial charge in [0.1, 0.15) is 5.69 Å². The predicted molar refractivity (Wildman–Crippen MR) is 124 cm³/mol. The minimum Gasteiger partial charge on any atom is -0.325 e. The van der Waals surface area contributed by atoms with E-state index in [1.54, 1.807) is 4.68 Å². The van der Waals surface area contributed by atoms with Gasteiger partial charge < -0.3 is 9.88 Å². The number of aryl methyl sites for hydroxylation is 2. The molecule has 0 radical (unpaired) electrons. The Bertz CT molecular complexity index is 1200. The molecule has 4 rings (SSSR count). The summed E-state index contributed by atoms with van der Waals surface area (Å²) in [6.07, 6.45) is 1.96. The first-order chi connectivity index (χ1) is 15.0. The maximum Gasteiger partial charge on any atom is 0.234 e. The molecule has 0 fully saturated rings. The van der Waals surface area contributed by atoms with Gasteiger partial charge in [-0.3, -0.25) is 9.48 Å². The van der Waals surface area contributed by atoms with E-state index in [1.165, 1.54) is 11.8 Å². The summed E-state index contributed by atoms with van der Waals surface area (Å²) in [6.45, 7) is 4.73. The highest BCUT2D eigenvalue weighted by Crippen LogP contribution is 2.31. The SMILES string of the molecule is CCn1c(SCC(=O)Nc2cccc(C)c2)nnc1-c1cn(C)nc1-c1ccccc1. The van der Waals surface area contributed by atoms with Crippen LogP contribution in [0.3, 0.4) is 0 Å². The molecule has 4 aromatic rings. The normalized spacial score (nSPS) is 10.9. The van der Waals surface area contributed by atoms with Crippen molar-refractivity contribution in [2.75, 3.05) is 11.1 Å². The van der Waals surface area contributed by atoms with Crippen LogP contribution in [0, 0.1) is 6.92 Å². The molecule has 0 aliphatic rings. The fraction of sp³-hybridized carbons (Fsp3) is 0.217. The zero-order valence-electron chi connectivity index (χ0n) is 17.7. The van der Waals surface area contributed by atoms with Crippen molar-refractivity contribution in [2.45, 2.75) is 25.5 Å². The number of nitrogens with one attached hydrogen (secondary N) is 1. The number of amides is 1. The number of aromatic nitrogens is 5. The second kappa shape index (κ2) is 9.18. The van der Waals surface area contributed by atoms with E-state index in [4.69, 9.17) is 0 Å². The summed E-state index contributed by atoms with van der Waals surface area (Å²) in [5, 5.41) is 17.1. The van der Waals surface area contributed by atoms with Gasteiger partial charge in [-0.15, -0.1) is 10.2 Å². The molecule has 31 heavy (non-hydrogen) atoms. The predicted octanol–water partition coefficient (Wildman–Crippen LogP) is 4.40. The summed E-state index contributed by atoms with van der Waals surface area (Å²) in [6, 6.07) is 17.8. The van der Waals surface area contributed by atoms with Gasteiger partial charge in [0.2, 0.25) is 5.91 Å². The summed E-state index contributed by atoms with van der Waals surface area (Å²) in [4.78, 5) is 12.4. The van der Waals surface area contributed by atoms with Crippen LogP contribution in [-0.4, -0.2) is 36.2 Å². The van der Waals surface area contributed by atoms with Gasteiger partial charge in [0.15, 0.2) is 11.0 Å². The van der Waals surface area contributed by atoms with Crippen LogP contribution in [0.4, 0.5) is 5.69 Å². The molecule has 8 heteroatoms. The maximum atomic E-state index is 12.4. The molecule has 1 N–H and O–H groups in total. The summed E-state index contributed by atoms with van der Waals surface area (Å²) < 4.78 is 3.81. The first kappa shape index (κ1) is 20.9. The van der Waals surface area contributed by atoms with Gasteiger partial charge in [-0.05, 0) is 31.5 Å². The average Bonchev–Trinajstić information content (AvgIpc) is 3.35. The number of hydrogen-bond acceptors (Lipinski definition) is 5. The van der Waals surface area contributed by atoms with E-state index in [-0.39, 0.29) is 11.7 Å². The van der Waals surface area contributed by atoms with Gasteiger partial charge in [-0.2, -0.15) is 5.10 Å². The van der Waals surface area contributed by atoms with Crippen LogP contribution < -0.4 is 5.32 Å². The van der Waals surface area contributed by atoms with Crippen LogP contribution in [0.15, 0.2) is 66.0 Å². The number of carbonyl (C=O) groups excluding carboxylic acids is 1. The molecule has 0 saturated carbocycles. The number of benzene rings is 2. The van der Waals surface area contributed by atoms with Crippen LogP contribution in [0.25, 0.3) is 22.6 Å². The standard InChI is InChI=1S/C23H24N6OS/c1-4-29-22(19-14-28(3)27-21(19)17-10-6-5-7-11-17)25-26-23(29)31-15-20(30)24-18-12-8-9-16(2)13-18/h5-14H,4,15H2,1-3H3,(H,24,30). The Morgan fingerprint density at radius 3 is 2.65 bits per heavy atom. The molecule has 0 bridgehead atoms. The number of hydrogen-bond donors (Lipinski definition) is 1. The molecule has 0 aliphatic heterocycles. The van der Waals surface area contributed by atoms with Gasteiger partial charge in [0.25, 0.3) is 0 Å². The van der Waals surface area contributed by atoms with Crippen molar-refractivity contribution in [3.63, 3.8) is 0 Å². The van der Waals surface area contributed by atoms with Gasteiger partial charge in [-0.25, -0.2) is 0 Å². The molecule has 158 valence electrons. The van der Waals surface area contributed by atoms with E-state index in [0.717, 1.165) is 33.9 Å². The number of carbonyl (C=O) groups is 1. The third-order valence-electron chi connectivity index (χ3n) is 4.78. The molecule has 0 atom stereocenters. The van der Waals surface area contributed by atoms with Gasteiger partial charge in [0, 0.05) is 31.0 Å². The maximum absolute atomic E-state index is 12.4. The van der Waals surface area contributed by atoms with Crippen molar-refractivity contribution >= 4 is 23.4 Å². The molecule has 2 aromatic heterocycles. The fourth-order valence-electron chi connectivity index (χ4n) is 3.39. The Morgan fingerprint density at radius 1 is 1.10 bits per heavy atom. The molecule has 2 heterocycles. The lowest BCUT2D eigenvalue weighted by atomic mass is 10.1. The van der Waals surface area contributed by atoms with Crippen LogP contribution in [-0.2, 0) is 18.4 Å². The minimum absolute atomic E-state index is 0.0749. The lowest BCUT2D eigenvalue weighted by Crippen LogP contribution is -2.14. The quantitative estimate of drug-likeness (QED) is 0.438. The Labute approximate surface area is 185 Å². The van der Waals surface area contributed by atoms with E-state index in [1.807, 2.05) is 86.3 Å². The third-order valence-corrected chi connectivity index (χ3v) is 5.75. The van der Waals surface area contributed by atoms with Crippen LogP contribution in [0.1, 0.15) is 12.5 Å². The van der Waals surface area contributed by atoms with E-state index < -0.39 is 0 Å². The number of anilines is 1. The molecule has 7 nitrogen and oxygen atoms in total. The molecule has 0 aliphatic carbocycles. The fourth-order valence-corrected chi connectivity index (χ4v) is 4.19. The van der Waals surface area contributed by atoms with E-state index in [9.17, 15) is 4.79 Å². The molecule has 2 aromatic carbocycles. The highest BCUT2D eigenvalue weighted by molar-refractivity contribution is 7.99. The Hall–Kier alpha value is -3.39. The lowest BCUT2D eigenvalue weighted by molar-refractivity contribution is -0.113. The highest BCUT2D eigenvalue weighted by Gasteiger charge is 2.20. The molecule has 0 unspecified atom stereocenters. The second-order valence-corrected chi connectivity index (χ2v) is 8.13. The Balaban J connectivity index is 1.54. The van der Waals surface area contributed by atoms with Crippen LogP contribution >= 0.6 is 11.8 Å². The first-order valence-corrected chi connectivity index (χ1v) is 11.1. The Kier molecular flexibility index (Phi) is 6.18. The topological polar surface area (TPSA) is 77.6 Å². The number of nitrogens with zero attached hydrogens (tertiary/aromatic N) is 5. The van der Waals surface area contributed by atoms with Crippen molar-refractivity contribution in [3.05, 3.63) is 66.4 Å². The average molecular weight is 433 g/mol. The largest absolute Gasteiger partial charge is 0.325 e. The monoisotopic (exact) mass is 432 g/mol. The van der Waals surface area contributed by atoms with Crippen molar-refractivity contribution in [2.24, 2.45) is 7.05 Å². The number of thioether (sulfide) groups is 1. The summed E-state index contributed by atoms with van der Waals surface area (Å²) >= 11 is 1.38. The Morgan fingerprint density at radius 2 is 1.90 bits per heavy atom. The molecule has 0 saturated heterocycles. The zero-order chi connectivity index (χ0) is 21.8. The summed E-state index contributed by atoms with van der Waals surface area (Å²) in [5.74, 6) is 0.926. The molecular weight excluding hydrogens is 408 g/mol. The summed E-state index contributed by atoms with van der Waals surface area (Å²) in [7, 11) is 1.90. The zero-order valence-corrected chi connectivity index (χ0v) is 18.6. The van der Waals surface area contributed by atoms with Crippen molar-refractivity contribution in [1.82, 2.24) is 24.5 Å². The smallest absolute Gasteiger partial charge is 0.234 e. The van der Waals surface area contributed by atoms with Crippen molar-refractivity contribution < 1.29 is 4.79 Å². The minimum atomic E-state index is -0.0749. The molecule has 1 amide bonds. The van der Waals surface area contributed by atoms with E-state index >= 15 is 0 Å². The van der Waals surface area contributed by atoms with Crippen molar-refractivity contribution in [3.8, 4) is 22.6 Å². The van der Waals surface area contributed by atoms with Gasteiger partial charge in [-0.1, -0.05) is 54.2 Å². The lowest BCUT2D eigenvalue weighted by Gasteiger charge is -2.08. The van der Waals surface area contributed by atoms with Gasteiger partial charge >= 0.3 is 0 Å². The second-order valence-electron chi connectivity index (χ2n) is 7.19.